The van der Waals surface area contributed by atoms with Gasteiger partial charge in [-0.3, -0.25) is 9.59 Å². The van der Waals surface area contributed by atoms with Crippen LogP contribution < -0.4 is 5.32 Å². The van der Waals surface area contributed by atoms with E-state index in [2.05, 4.69) is 5.32 Å². The van der Waals surface area contributed by atoms with Gasteiger partial charge in [0, 0.05) is 18.8 Å². The Morgan fingerprint density at radius 3 is 2.37 bits per heavy atom. The molecule has 1 N–H and O–H groups in total. The number of carbonyl (C=O) groups is 2. The lowest BCUT2D eigenvalue weighted by molar-refractivity contribution is -0.138. The Morgan fingerprint density at radius 1 is 1.07 bits per heavy atom. The quantitative estimate of drug-likeness (QED) is 0.714. The van der Waals surface area contributed by atoms with E-state index < -0.39 is 6.04 Å². The highest BCUT2D eigenvalue weighted by atomic mass is 32.2. The first-order valence-electron chi connectivity index (χ1n) is 8.94. The van der Waals surface area contributed by atoms with Crippen molar-refractivity contribution >= 4 is 23.6 Å². The fraction of sp³-hybridized carbons (Fsp3) is 0.333. The molecule has 2 aromatic rings. The molecule has 0 spiro atoms. The van der Waals surface area contributed by atoms with Crippen molar-refractivity contribution in [3.63, 3.8) is 0 Å². The number of amides is 2. The van der Waals surface area contributed by atoms with E-state index in [9.17, 15) is 14.0 Å². The zero-order chi connectivity index (χ0) is 19.6. The summed E-state index contributed by atoms with van der Waals surface area (Å²) in [5.41, 5.74) is 1.94. The van der Waals surface area contributed by atoms with Gasteiger partial charge in [0.1, 0.15) is 11.9 Å². The van der Waals surface area contributed by atoms with Gasteiger partial charge in [-0.05, 0) is 37.1 Å². The molecule has 0 saturated carbocycles. The lowest BCUT2D eigenvalue weighted by atomic mass is 10.1. The molecule has 0 aromatic heterocycles. The maximum absolute atomic E-state index is 13.0. The van der Waals surface area contributed by atoms with Crippen LogP contribution in [0.25, 0.3) is 0 Å². The third-order valence-corrected chi connectivity index (χ3v) is 5.11. The highest BCUT2D eigenvalue weighted by Gasteiger charge is 2.25. The molecule has 1 unspecified atom stereocenters. The predicted molar refractivity (Wildman–Crippen MR) is 108 cm³/mol. The first kappa shape index (κ1) is 21.0. The molecule has 1 atom stereocenters. The van der Waals surface area contributed by atoms with E-state index >= 15 is 0 Å². The third-order valence-electron chi connectivity index (χ3n) is 4.12. The summed E-state index contributed by atoms with van der Waals surface area (Å²) in [6.07, 6.45) is 0. The first-order valence-corrected chi connectivity index (χ1v) is 10.1. The van der Waals surface area contributed by atoms with Gasteiger partial charge in [0.2, 0.25) is 11.8 Å². The summed E-state index contributed by atoms with van der Waals surface area (Å²) in [6, 6.07) is 15.3. The maximum Gasteiger partial charge on any atom is 0.242 e. The summed E-state index contributed by atoms with van der Waals surface area (Å²) in [4.78, 5) is 26.7. The topological polar surface area (TPSA) is 49.4 Å². The van der Waals surface area contributed by atoms with Gasteiger partial charge in [-0.15, -0.1) is 11.8 Å². The third kappa shape index (κ3) is 6.71. The molecule has 0 aliphatic carbocycles. The van der Waals surface area contributed by atoms with E-state index in [1.165, 1.54) is 23.9 Å². The average molecular weight is 389 g/mol. The molecule has 27 heavy (non-hydrogen) atoms. The van der Waals surface area contributed by atoms with Crippen molar-refractivity contribution in [2.45, 2.75) is 32.2 Å². The number of nitrogens with zero attached hydrogens (tertiary/aromatic N) is 1. The second-order valence-electron chi connectivity index (χ2n) is 6.20. The lowest BCUT2D eigenvalue weighted by Gasteiger charge is -2.28. The number of halogens is 1. The van der Waals surface area contributed by atoms with Gasteiger partial charge in [-0.2, -0.15) is 0 Å². The summed E-state index contributed by atoms with van der Waals surface area (Å²) < 4.78 is 13.0. The van der Waals surface area contributed by atoms with Crippen LogP contribution in [0.2, 0.25) is 0 Å². The average Bonchev–Trinajstić information content (AvgIpc) is 2.68. The van der Waals surface area contributed by atoms with E-state index in [0.717, 1.165) is 11.1 Å². The Balaban J connectivity index is 2.00. The monoisotopic (exact) mass is 388 g/mol. The van der Waals surface area contributed by atoms with E-state index in [0.29, 0.717) is 18.8 Å². The lowest BCUT2D eigenvalue weighted by Crippen LogP contribution is -2.48. The summed E-state index contributed by atoms with van der Waals surface area (Å²) in [5, 5.41) is 2.78. The van der Waals surface area contributed by atoms with Crippen LogP contribution >= 0.6 is 11.8 Å². The minimum absolute atomic E-state index is 0.0929. The van der Waals surface area contributed by atoms with Crippen molar-refractivity contribution < 1.29 is 14.0 Å². The van der Waals surface area contributed by atoms with Crippen molar-refractivity contribution in [2.75, 3.05) is 12.3 Å². The molecule has 2 aromatic carbocycles. The van der Waals surface area contributed by atoms with E-state index in [-0.39, 0.29) is 23.4 Å². The Kier molecular flexibility index (Phi) is 8.33. The van der Waals surface area contributed by atoms with E-state index in [1.54, 1.807) is 24.0 Å². The van der Waals surface area contributed by atoms with Crippen LogP contribution in [-0.4, -0.2) is 35.1 Å². The van der Waals surface area contributed by atoms with Gasteiger partial charge in [-0.1, -0.05) is 42.5 Å². The van der Waals surface area contributed by atoms with E-state index in [4.69, 9.17) is 0 Å². The SMILES string of the molecule is CCNC(=O)C(C)N(Cc1ccccc1)C(=O)CSCc1ccc(F)cc1. The zero-order valence-corrected chi connectivity index (χ0v) is 16.5. The molecule has 0 aliphatic rings. The number of hydrogen-bond acceptors (Lipinski definition) is 3. The number of carbonyl (C=O) groups excluding carboxylic acids is 2. The summed E-state index contributed by atoms with van der Waals surface area (Å²) in [7, 11) is 0. The summed E-state index contributed by atoms with van der Waals surface area (Å²) in [6.45, 7) is 4.51. The Bertz CT molecular complexity index is 738. The number of likely N-dealkylation sites (N-methyl/N-ethyl adjacent to an activating group) is 1. The molecule has 0 radical (unpaired) electrons. The fourth-order valence-corrected chi connectivity index (χ4v) is 3.48. The molecular weight excluding hydrogens is 363 g/mol. The Labute approximate surface area is 164 Å². The molecule has 0 bridgehead atoms. The van der Waals surface area contributed by atoms with Crippen molar-refractivity contribution in [3.05, 3.63) is 71.5 Å². The van der Waals surface area contributed by atoms with Crippen molar-refractivity contribution in [1.29, 1.82) is 0 Å². The summed E-state index contributed by atoms with van der Waals surface area (Å²) in [5.74, 6) is 0.342. The fourth-order valence-electron chi connectivity index (χ4n) is 2.60. The Hall–Kier alpha value is -2.34. The van der Waals surface area contributed by atoms with Crippen LogP contribution in [-0.2, 0) is 21.9 Å². The van der Waals surface area contributed by atoms with Crippen LogP contribution in [0, 0.1) is 5.82 Å². The minimum atomic E-state index is -0.552. The van der Waals surface area contributed by atoms with Crippen molar-refractivity contribution in [1.82, 2.24) is 10.2 Å². The number of hydrogen-bond donors (Lipinski definition) is 1. The zero-order valence-electron chi connectivity index (χ0n) is 15.7. The van der Waals surface area contributed by atoms with Gasteiger partial charge in [0.05, 0.1) is 5.75 Å². The van der Waals surface area contributed by atoms with E-state index in [1.807, 2.05) is 37.3 Å². The van der Waals surface area contributed by atoms with Crippen molar-refractivity contribution in [2.24, 2.45) is 0 Å². The van der Waals surface area contributed by atoms with Crippen LogP contribution in [0.1, 0.15) is 25.0 Å². The number of benzene rings is 2. The highest BCUT2D eigenvalue weighted by molar-refractivity contribution is 7.99. The molecular formula is C21H25FN2O2S. The number of nitrogens with one attached hydrogen (secondary N) is 1. The summed E-state index contributed by atoms with van der Waals surface area (Å²) >= 11 is 1.46. The van der Waals surface area contributed by atoms with Crippen LogP contribution in [0.5, 0.6) is 0 Å². The smallest absolute Gasteiger partial charge is 0.242 e. The molecule has 0 saturated heterocycles. The molecule has 4 nitrogen and oxygen atoms in total. The maximum atomic E-state index is 13.0. The van der Waals surface area contributed by atoms with Crippen LogP contribution in [0.4, 0.5) is 4.39 Å². The second kappa shape index (κ2) is 10.7. The van der Waals surface area contributed by atoms with Gasteiger partial charge in [0.25, 0.3) is 0 Å². The second-order valence-corrected chi connectivity index (χ2v) is 7.18. The standard InChI is InChI=1S/C21H25FN2O2S/c1-3-23-21(26)16(2)24(13-17-7-5-4-6-8-17)20(25)15-27-14-18-9-11-19(22)12-10-18/h4-12,16H,3,13-15H2,1-2H3,(H,23,26). The number of rotatable bonds is 9. The molecule has 0 fully saturated rings. The van der Waals surface area contributed by atoms with Gasteiger partial charge in [-0.25, -0.2) is 4.39 Å². The molecule has 2 amide bonds. The largest absolute Gasteiger partial charge is 0.355 e. The normalized spacial score (nSPS) is 11.7. The van der Waals surface area contributed by atoms with Gasteiger partial charge < -0.3 is 10.2 Å². The molecule has 2 rings (SSSR count). The van der Waals surface area contributed by atoms with Gasteiger partial charge >= 0.3 is 0 Å². The molecule has 144 valence electrons. The van der Waals surface area contributed by atoms with Gasteiger partial charge in [0.15, 0.2) is 0 Å². The molecule has 0 aliphatic heterocycles. The van der Waals surface area contributed by atoms with Crippen LogP contribution in [0.3, 0.4) is 0 Å². The number of thioether (sulfide) groups is 1. The highest BCUT2D eigenvalue weighted by Crippen LogP contribution is 2.16. The minimum Gasteiger partial charge on any atom is -0.355 e. The molecule has 0 heterocycles. The molecule has 6 heteroatoms. The Morgan fingerprint density at radius 2 is 1.74 bits per heavy atom. The first-order chi connectivity index (χ1) is 13.0. The van der Waals surface area contributed by atoms with Crippen molar-refractivity contribution in [3.8, 4) is 0 Å². The predicted octanol–water partition coefficient (Wildman–Crippen LogP) is 3.61. The van der Waals surface area contributed by atoms with Crippen LogP contribution in [0.15, 0.2) is 54.6 Å².